The lowest BCUT2D eigenvalue weighted by molar-refractivity contribution is -0.132. The van der Waals surface area contributed by atoms with E-state index in [1.807, 2.05) is 13.8 Å². The molecule has 2 rings (SSSR count). The van der Waals surface area contributed by atoms with Gasteiger partial charge in [0, 0.05) is 5.56 Å². The quantitative estimate of drug-likeness (QED) is 0.297. The lowest BCUT2D eigenvalue weighted by atomic mass is 10.1. The number of carboxylic acids is 1. The van der Waals surface area contributed by atoms with Crippen LogP contribution in [-0.2, 0) is 4.79 Å². The molecule has 0 bridgehead atoms. The Balaban J connectivity index is 2.36. The van der Waals surface area contributed by atoms with Gasteiger partial charge in [0.2, 0.25) is 0 Å². The first-order valence-electron chi connectivity index (χ1n) is 8.86. The molecular weight excluding hydrogens is 485 g/mol. The summed E-state index contributed by atoms with van der Waals surface area (Å²) in [6.45, 7) is 8.29. The maximum absolute atomic E-state index is 12.3. The molecule has 0 radical (unpaired) electrons. The molecule has 0 heterocycles. The summed E-state index contributed by atoms with van der Waals surface area (Å²) in [5, 5.41) is 12.0. The minimum atomic E-state index is -1.25. The number of rotatable bonds is 9. The van der Waals surface area contributed by atoms with Gasteiger partial charge in [0.25, 0.3) is 5.91 Å². The van der Waals surface area contributed by atoms with Crippen LogP contribution in [0.25, 0.3) is 6.08 Å². The number of ether oxygens (including phenoxy) is 2. The molecule has 29 heavy (non-hydrogen) atoms. The van der Waals surface area contributed by atoms with Gasteiger partial charge in [-0.05, 0) is 77.9 Å². The minimum absolute atomic E-state index is 0.243. The van der Waals surface area contributed by atoms with Crippen molar-refractivity contribution in [2.75, 3.05) is 13.2 Å². The van der Waals surface area contributed by atoms with Gasteiger partial charge in [-0.25, -0.2) is 4.79 Å². The van der Waals surface area contributed by atoms with E-state index in [1.54, 1.807) is 42.5 Å². The maximum Gasteiger partial charge on any atom is 0.352 e. The van der Waals surface area contributed by atoms with Gasteiger partial charge in [-0.15, -0.1) is 0 Å². The minimum Gasteiger partial charge on any atom is -0.490 e. The van der Waals surface area contributed by atoms with Gasteiger partial charge in [0.15, 0.2) is 11.5 Å². The van der Waals surface area contributed by atoms with E-state index >= 15 is 0 Å². The second kappa shape index (κ2) is 10.7. The first kappa shape index (κ1) is 22.5. The van der Waals surface area contributed by atoms with Crippen molar-refractivity contribution in [3.63, 3.8) is 0 Å². The summed E-state index contributed by atoms with van der Waals surface area (Å²) in [6, 6.07) is 11.8. The SMILES string of the molecule is C=C(C)COc1c(I)cc(C=C(NC(=O)c2ccccc2)C(=O)O)cc1OCC. The molecule has 2 aromatic rings. The van der Waals surface area contributed by atoms with E-state index in [1.165, 1.54) is 6.08 Å². The van der Waals surface area contributed by atoms with E-state index in [-0.39, 0.29) is 5.70 Å². The third-order valence-corrected chi connectivity index (χ3v) is 4.42. The predicted molar refractivity (Wildman–Crippen MR) is 120 cm³/mol. The lowest BCUT2D eigenvalue weighted by Gasteiger charge is -2.15. The highest BCUT2D eigenvalue weighted by atomic mass is 127. The molecule has 0 saturated carbocycles. The highest BCUT2D eigenvalue weighted by molar-refractivity contribution is 14.1. The Labute approximate surface area is 183 Å². The summed E-state index contributed by atoms with van der Waals surface area (Å²) < 4.78 is 12.2. The number of carbonyl (C=O) groups is 2. The first-order valence-corrected chi connectivity index (χ1v) is 9.94. The topological polar surface area (TPSA) is 84.9 Å². The van der Waals surface area contributed by atoms with Crippen LogP contribution in [0.5, 0.6) is 11.5 Å². The van der Waals surface area contributed by atoms with Gasteiger partial charge >= 0.3 is 5.97 Å². The second-order valence-corrected chi connectivity index (χ2v) is 7.35. The van der Waals surface area contributed by atoms with Crippen molar-refractivity contribution < 1.29 is 24.2 Å². The van der Waals surface area contributed by atoms with Crippen LogP contribution in [0.1, 0.15) is 29.8 Å². The first-order chi connectivity index (χ1) is 13.8. The highest BCUT2D eigenvalue weighted by Crippen LogP contribution is 2.35. The van der Waals surface area contributed by atoms with Crippen molar-refractivity contribution in [3.8, 4) is 11.5 Å². The number of amides is 1. The number of hydrogen-bond donors (Lipinski definition) is 2. The Bertz CT molecular complexity index is 938. The Morgan fingerprint density at radius 1 is 1.21 bits per heavy atom. The summed E-state index contributed by atoms with van der Waals surface area (Å²) in [4.78, 5) is 24.0. The summed E-state index contributed by atoms with van der Waals surface area (Å²) in [5.41, 5.74) is 1.55. The number of carbonyl (C=O) groups excluding carboxylic acids is 1. The van der Waals surface area contributed by atoms with Gasteiger partial charge in [0.1, 0.15) is 12.3 Å². The molecule has 7 heteroatoms. The largest absolute Gasteiger partial charge is 0.490 e. The van der Waals surface area contributed by atoms with Crippen molar-refractivity contribution in [1.82, 2.24) is 5.32 Å². The Morgan fingerprint density at radius 3 is 2.48 bits per heavy atom. The molecule has 0 fully saturated rings. The fourth-order valence-electron chi connectivity index (χ4n) is 2.37. The number of halogens is 1. The van der Waals surface area contributed by atoms with E-state index in [0.717, 1.165) is 9.14 Å². The number of nitrogens with one attached hydrogen (secondary N) is 1. The van der Waals surface area contributed by atoms with Crippen LogP contribution >= 0.6 is 22.6 Å². The third kappa shape index (κ3) is 6.63. The second-order valence-electron chi connectivity index (χ2n) is 6.19. The van der Waals surface area contributed by atoms with Gasteiger partial charge < -0.3 is 19.9 Å². The van der Waals surface area contributed by atoms with E-state index in [9.17, 15) is 14.7 Å². The summed E-state index contributed by atoms with van der Waals surface area (Å²) in [7, 11) is 0. The molecule has 2 N–H and O–H groups in total. The average Bonchev–Trinajstić information content (AvgIpc) is 2.67. The molecule has 0 saturated heterocycles. The Kier molecular flexibility index (Phi) is 8.26. The highest BCUT2D eigenvalue weighted by Gasteiger charge is 2.16. The molecule has 1 amide bonds. The molecule has 0 aliphatic carbocycles. The maximum atomic E-state index is 12.3. The molecule has 6 nitrogen and oxygen atoms in total. The average molecular weight is 507 g/mol. The monoisotopic (exact) mass is 507 g/mol. The molecular formula is C22H22INO5. The van der Waals surface area contributed by atoms with Gasteiger partial charge in [-0.1, -0.05) is 24.8 Å². The van der Waals surface area contributed by atoms with E-state index in [0.29, 0.717) is 35.8 Å². The third-order valence-electron chi connectivity index (χ3n) is 3.62. The van der Waals surface area contributed by atoms with Crippen LogP contribution in [0.2, 0.25) is 0 Å². The number of aliphatic carboxylic acids is 1. The van der Waals surface area contributed by atoms with Crippen molar-refractivity contribution in [2.45, 2.75) is 13.8 Å². The number of benzene rings is 2. The van der Waals surface area contributed by atoms with E-state index < -0.39 is 11.9 Å². The molecule has 2 aromatic carbocycles. The Hall–Kier alpha value is -2.81. The van der Waals surface area contributed by atoms with E-state index in [2.05, 4.69) is 34.5 Å². The van der Waals surface area contributed by atoms with Crippen LogP contribution in [0, 0.1) is 3.57 Å². The molecule has 0 spiro atoms. The Morgan fingerprint density at radius 2 is 1.90 bits per heavy atom. The molecule has 0 aliphatic heterocycles. The van der Waals surface area contributed by atoms with Gasteiger partial charge in [-0.3, -0.25) is 4.79 Å². The standard InChI is InChI=1S/C22H22INO5/c1-4-28-19-12-15(10-17(23)20(19)29-13-14(2)3)11-18(22(26)27)24-21(25)16-8-6-5-7-9-16/h5-12H,2,4,13H2,1,3H3,(H,24,25)(H,26,27). The van der Waals surface area contributed by atoms with Crippen molar-refractivity contribution >= 4 is 40.5 Å². The van der Waals surface area contributed by atoms with Crippen LogP contribution < -0.4 is 14.8 Å². The van der Waals surface area contributed by atoms with Crippen molar-refractivity contribution in [3.05, 3.63) is 75.0 Å². The normalized spacial score (nSPS) is 10.9. The lowest BCUT2D eigenvalue weighted by Crippen LogP contribution is -2.27. The summed E-state index contributed by atoms with van der Waals surface area (Å²) >= 11 is 2.10. The number of carboxylic acid groups (broad SMARTS) is 1. The van der Waals surface area contributed by atoms with Crippen LogP contribution in [0.15, 0.2) is 60.3 Å². The number of hydrogen-bond acceptors (Lipinski definition) is 4. The molecule has 0 aromatic heterocycles. The summed E-state index contributed by atoms with van der Waals surface area (Å²) in [6.07, 6.45) is 1.39. The smallest absolute Gasteiger partial charge is 0.352 e. The van der Waals surface area contributed by atoms with Gasteiger partial charge in [0.05, 0.1) is 10.2 Å². The zero-order valence-corrected chi connectivity index (χ0v) is 18.4. The molecule has 0 aliphatic rings. The fraction of sp³-hybridized carbons (Fsp3) is 0.182. The molecule has 0 unspecified atom stereocenters. The van der Waals surface area contributed by atoms with Crippen molar-refractivity contribution in [2.24, 2.45) is 0 Å². The zero-order chi connectivity index (χ0) is 21.4. The zero-order valence-electron chi connectivity index (χ0n) is 16.2. The van der Waals surface area contributed by atoms with Crippen LogP contribution in [-0.4, -0.2) is 30.2 Å². The van der Waals surface area contributed by atoms with E-state index in [4.69, 9.17) is 9.47 Å². The predicted octanol–water partition coefficient (Wildman–Crippen LogP) is 4.50. The molecule has 152 valence electrons. The van der Waals surface area contributed by atoms with Gasteiger partial charge in [-0.2, -0.15) is 0 Å². The van der Waals surface area contributed by atoms with Crippen LogP contribution in [0.3, 0.4) is 0 Å². The summed E-state index contributed by atoms with van der Waals surface area (Å²) in [5.74, 6) is -0.686. The molecule has 0 atom stereocenters. The fourth-order valence-corrected chi connectivity index (χ4v) is 3.15. The van der Waals surface area contributed by atoms with Crippen LogP contribution in [0.4, 0.5) is 0 Å². The van der Waals surface area contributed by atoms with Crippen molar-refractivity contribution in [1.29, 1.82) is 0 Å².